The molecule has 0 bridgehead atoms. The lowest BCUT2D eigenvalue weighted by Gasteiger charge is -2.16. The summed E-state index contributed by atoms with van der Waals surface area (Å²) in [7, 11) is 0. The molecule has 1 aliphatic rings. The number of hydrazine groups is 1. The van der Waals surface area contributed by atoms with Crippen LogP contribution in [0.2, 0.25) is 0 Å². The molecule has 2 aromatic rings. The molecule has 0 atom stereocenters. The summed E-state index contributed by atoms with van der Waals surface area (Å²) in [5.41, 5.74) is 3.33. The number of thioether (sulfide) groups is 1. The number of nitrogens with one attached hydrogen (secondary N) is 1. The molecule has 1 heterocycles. The molecule has 5 nitrogen and oxygen atoms in total. The zero-order valence-corrected chi connectivity index (χ0v) is 15.8. The second-order valence-corrected chi connectivity index (χ2v) is 7.62. The number of amides is 2. The van der Waals surface area contributed by atoms with E-state index < -0.39 is 11.8 Å². The van der Waals surface area contributed by atoms with Crippen molar-refractivity contribution in [1.29, 1.82) is 0 Å². The topological polar surface area (TPSA) is 69.6 Å². The van der Waals surface area contributed by atoms with E-state index in [1.165, 1.54) is 12.1 Å². The number of rotatable bonds is 3. The van der Waals surface area contributed by atoms with Gasteiger partial charge in [-0.2, -0.15) is 5.01 Å². The Balaban J connectivity index is 1.80. The number of para-hydroxylation sites is 1. The van der Waals surface area contributed by atoms with Crippen molar-refractivity contribution in [1.82, 2.24) is 10.4 Å². The maximum absolute atomic E-state index is 12.5. The van der Waals surface area contributed by atoms with Crippen molar-refractivity contribution >= 4 is 62.1 Å². The number of halogens is 1. The van der Waals surface area contributed by atoms with E-state index in [0.29, 0.717) is 4.91 Å². The summed E-state index contributed by atoms with van der Waals surface area (Å²) in [6, 6.07) is 13.5. The molecule has 25 heavy (non-hydrogen) atoms. The average molecular weight is 435 g/mol. The van der Waals surface area contributed by atoms with Crippen LogP contribution in [-0.2, 0) is 4.79 Å². The van der Waals surface area contributed by atoms with Gasteiger partial charge in [0.1, 0.15) is 5.75 Å². The highest BCUT2D eigenvalue weighted by Crippen LogP contribution is 2.32. The summed E-state index contributed by atoms with van der Waals surface area (Å²) in [6.45, 7) is 0. The predicted molar refractivity (Wildman–Crippen MR) is 105 cm³/mol. The molecule has 126 valence electrons. The van der Waals surface area contributed by atoms with Gasteiger partial charge in [0.25, 0.3) is 11.8 Å². The van der Waals surface area contributed by atoms with Crippen molar-refractivity contribution in [2.24, 2.45) is 0 Å². The first-order valence-electron chi connectivity index (χ1n) is 7.08. The predicted octanol–water partition coefficient (Wildman–Crippen LogP) is 3.70. The minimum Gasteiger partial charge on any atom is -0.507 e. The molecule has 0 aliphatic carbocycles. The van der Waals surface area contributed by atoms with Gasteiger partial charge in [-0.3, -0.25) is 15.0 Å². The molecule has 0 saturated carbocycles. The molecular formula is C17H11BrN2O3S2. The zero-order valence-electron chi connectivity index (χ0n) is 12.6. The van der Waals surface area contributed by atoms with E-state index >= 15 is 0 Å². The third-order valence-corrected chi connectivity index (χ3v) is 5.10. The molecule has 2 N–H and O–H groups in total. The lowest BCUT2D eigenvalue weighted by molar-refractivity contribution is -0.123. The number of phenolic OH excluding ortho intramolecular Hbond substituents is 1. The fraction of sp³-hybridized carbons (Fsp3) is 0. The Kier molecular flexibility index (Phi) is 5.22. The molecule has 2 amide bonds. The van der Waals surface area contributed by atoms with Gasteiger partial charge in [-0.1, -0.05) is 52.0 Å². The Morgan fingerprint density at radius 2 is 2.00 bits per heavy atom. The van der Waals surface area contributed by atoms with Crippen molar-refractivity contribution in [2.45, 2.75) is 0 Å². The number of carbonyl (C=O) groups excluding carboxylic acids is 2. The molecule has 0 aromatic heterocycles. The summed E-state index contributed by atoms with van der Waals surface area (Å²) in [4.78, 5) is 25.2. The van der Waals surface area contributed by atoms with E-state index in [1.54, 1.807) is 18.2 Å². The minimum absolute atomic E-state index is 0.0625. The Hall–Kier alpha value is -2.16. The van der Waals surface area contributed by atoms with Gasteiger partial charge in [0.15, 0.2) is 4.32 Å². The number of benzene rings is 2. The summed E-state index contributed by atoms with van der Waals surface area (Å²) in [6.07, 6.45) is 1.70. The normalized spacial score (nSPS) is 15.7. The molecule has 8 heteroatoms. The van der Waals surface area contributed by atoms with Gasteiger partial charge in [-0.25, -0.2) is 0 Å². The van der Waals surface area contributed by atoms with E-state index in [2.05, 4.69) is 21.4 Å². The van der Waals surface area contributed by atoms with Crippen LogP contribution in [0.5, 0.6) is 5.75 Å². The van der Waals surface area contributed by atoms with Crippen molar-refractivity contribution < 1.29 is 14.7 Å². The maximum atomic E-state index is 12.5. The van der Waals surface area contributed by atoms with Crippen LogP contribution in [0, 0.1) is 0 Å². The highest BCUT2D eigenvalue weighted by molar-refractivity contribution is 9.10. The SMILES string of the molecule is O=C(NN1C(=O)/C(=C/c2cccc(Br)c2)SC1=S)c1ccccc1O. The van der Waals surface area contributed by atoms with Crippen molar-refractivity contribution in [3.05, 3.63) is 69.0 Å². The van der Waals surface area contributed by atoms with Crippen LogP contribution in [0.1, 0.15) is 15.9 Å². The third kappa shape index (κ3) is 3.92. The van der Waals surface area contributed by atoms with Gasteiger partial charge in [-0.05, 0) is 48.1 Å². The molecule has 1 saturated heterocycles. The monoisotopic (exact) mass is 434 g/mol. The number of thiocarbonyl (C=S) groups is 1. The highest BCUT2D eigenvalue weighted by atomic mass is 79.9. The van der Waals surface area contributed by atoms with Gasteiger partial charge in [0, 0.05) is 4.47 Å². The van der Waals surface area contributed by atoms with Gasteiger partial charge < -0.3 is 5.11 Å². The van der Waals surface area contributed by atoms with E-state index in [1.807, 2.05) is 24.3 Å². The smallest absolute Gasteiger partial charge is 0.285 e. The van der Waals surface area contributed by atoms with Crippen LogP contribution in [0.15, 0.2) is 57.9 Å². The quantitative estimate of drug-likeness (QED) is 0.569. The molecule has 0 spiro atoms. The van der Waals surface area contributed by atoms with E-state index in [0.717, 1.165) is 26.8 Å². The van der Waals surface area contributed by atoms with Crippen LogP contribution in [-0.4, -0.2) is 26.3 Å². The van der Waals surface area contributed by atoms with Gasteiger partial charge in [0.05, 0.1) is 10.5 Å². The number of phenols is 1. The lowest BCUT2D eigenvalue weighted by atomic mass is 10.2. The number of hydrogen-bond donors (Lipinski definition) is 2. The largest absolute Gasteiger partial charge is 0.507 e. The van der Waals surface area contributed by atoms with Crippen molar-refractivity contribution in [3.63, 3.8) is 0 Å². The first-order valence-corrected chi connectivity index (χ1v) is 9.10. The van der Waals surface area contributed by atoms with Gasteiger partial charge >= 0.3 is 0 Å². The van der Waals surface area contributed by atoms with Crippen LogP contribution < -0.4 is 5.43 Å². The number of carbonyl (C=O) groups is 2. The second kappa shape index (κ2) is 7.38. The van der Waals surface area contributed by atoms with Crippen LogP contribution in [0.4, 0.5) is 0 Å². The van der Waals surface area contributed by atoms with E-state index in [-0.39, 0.29) is 15.6 Å². The molecule has 3 rings (SSSR count). The molecule has 0 radical (unpaired) electrons. The molecule has 1 fully saturated rings. The Morgan fingerprint density at radius 3 is 2.72 bits per heavy atom. The summed E-state index contributed by atoms with van der Waals surface area (Å²) >= 11 is 9.66. The number of aromatic hydroxyl groups is 1. The van der Waals surface area contributed by atoms with Crippen LogP contribution in [0.3, 0.4) is 0 Å². The number of nitrogens with zero attached hydrogens (tertiary/aromatic N) is 1. The Bertz CT molecular complexity index is 914. The highest BCUT2D eigenvalue weighted by Gasteiger charge is 2.34. The standard InChI is InChI=1S/C17H11BrN2O3S2/c18-11-5-3-4-10(8-11)9-14-16(23)20(17(24)25-14)19-15(22)12-6-1-2-7-13(12)21/h1-9,21H,(H,19,22)/b14-9-. The molecular weight excluding hydrogens is 424 g/mol. The molecule has 1 aliphatic heterocycles. The lowest BCUT2D eigenvalue weighted by Crippen LogP contribution is -2.44. The van der Waals surface area contributed by atoms with Gasteiger partial charge in [-0.15, -0.1) is 0 Å². The average Bonchev–Trinajstić information content (AvgIpc) is 2.83. The maximum Gasteiger partial charge on any atom is 0.285 e. The van der Waals surface area contributed by atoms with Crippen molar-refractivity contribution in [3.8, 4) is 5.75 Å². The molecule has 2 aromatic carbocycles. The summed E-state index contributed by atoms with van der Waals surface area (Å²) < 4.78 is 1.11. The fourth-order valence-corrected chi connectivity index (χ4v) is 3.74. The van der Waals surface area contributed by atoms with Crippen LogP contribution >= 0.6 is 39.9 Å². The van der Waals surface area contributed by atoms with Crippen LogP contribution in [0.25, 0.3) is 6.08 Å². The molecule has 0 unspecified atom stereocenters. The second-order valence-electron chi connectivity index (χ2n) is 5.03. The van der Waals surface area contributed by atoms with Gasteiger partial charge in [0.2, 0.25) is 0 Å². The first-order chi connectivity index (χ1) is 12.0. The zero-order chi connectivity index (χ0) is 18.0. The van der Waals surface area contributed by atoms with Crippen molar-refractivity contribution in [2.75, 3.05) is 0 Å². The summed E-state index contributed by atoms with van der Waals surface area (Å²) in [5, 5.41) is 10.8. The Labute approximate surface area is 161 Å². The summed E-state index contributed by atoms with van der Waals surface area (Å²) in [5.74, 6) is -1.20. The van der Waals surface area contributed by atoms with E-state index in [9.17, 15) is 14.7 Å². The third-order valence-electron chi connectivity index (χ3n) is 3.30. The Morgan fingerprint density at radius 1 is 1.24 bits per heavy atom. The fourth-order valence-electron chi connectivity index (χ4n) is 2.14. The number of hydrogen-bond acceptors (Lipinski definition) is 5. The minimum atomic E-state index is -0.613. The first kappa shape index (κ1) is 17.7. The van der Waals surface area contributed by atoms with E-state index in [4.69, 9.17) is 12.2 Å².